The second kappa shape index (κ2) is 7.69. The van der Waals surface area contributed by atoms with E-state index in [0.29, 0.717) is 12.6 Å². The van der Waals surface area contributed by atoms with Gasteiger partial charge >= 0.3 is 0 Å². The van der Waals surface area contributed by atoms with Crippen molar-refractivity contribution < 1.29 is 4.74 Å². The van der Waals surface area contributed by atoms with Gasteiger partial charge in [-0.3, -0.25) is 0 Å². The predicted molar refractivity (Wildman–Crippen MR) is 74.3 cm³/mol. The summed E-state index contributed by atoms with van der Waals surface area (Å²) < 4.78 is 5.42. The van der Waals surface area contributed by atoms with Gasteiger partial charge in [-0.15, -0.1) is 0 Å². The van der Waals surface area contributed by atoms with Gasteiger partial charge in [-0.25, -0.2) is 0 Å². The largest absolute Gasteiger partial charge is 0.490 e. The fourth-order valence-electron chi connectivity index (χ4n) is 1.48. The van der Waals surface area contributed by atoms with Crippen molar-refractivity contribution in [1.82, 2.24) is 5.32 Å². The summed E-state index contributed by atoms with van der Waals surface area (Å²) in [6, 6.07) is 8.44. The Morgan fingerprint density at radius 2 is 2.06 bits per heavy atom. The van der Waals surface area contributed by atoms with Crippen LogP contribution in [0.25, 0.3) is 6.08 Å². The minimum atomic E-state index is 0.400. The maximum absolute atomic E-state index is 5.42. The van der Waals surface area contributed by atoms with Gasteiger partial charge in [0.25, 0.3) is 0 Å². The predicted octanol–water partition coefficient (Wildman–Crippen LogP) is 3.26. The first kappa shape index (κ1) is 13.5. The fourth-order valence-corrected chi connectivity index (χ4v) is 1.48. The molecule has 0 saturated carbocycles. The van der Waals surface area contributed by atoms with Gasteiger partial charge in [0, 0.05) is 6.04 Å². The quantitative estimate of drug-likeness (QED) is 0.727. The second-order valence-electron chi connectivity index (χ2n) is 3.87. The Kier molecular flexibility index (Phi) is 6.12. The van der Waals surface area contributed by atoms with Crippen LogP contribution >= 0.6 is 0 Å². The van der Waals surface area contributed by atoms with E-state index in [-0.39, 0.29) is 0 Å². The van der Waals surface area contributed by atoms with Crippen molar-refractivity contribution in [3.63, 3.8) is 0 Å². The number of nitrogens with one attached hydrogen (secondary N) is 1. The average Bonchev–Trinajstić information content (AvgIpc) is 2.35. The Hall–Kier alpha value is -1.54. The Labute approximate surface area is 104 Å². The molecule has 1 atom stereocenters. The van der Waals surface area contributed by atoms with Crippen molar-refractivity contribution in [2.24, 2.45) is 0 Å². The van der Waals surface area contributed by atoms with Gasteiger partial charge in [0.05, 0.1) is 0 Å². The maximum atomic E-state index is 5.42. The fraction of sp³-hybridized carbons (Fsp3) is 0.333. The standard InChI is InChI=1S/C15H21NO/c1-4-12-17-15-10-8-14(9-11-15)7-6-13(3)16-5-2/h4,6-11,13,16H,1,5,12H2,2-3H3/b7-6+. The SMILES string of the molecule is C=CCOc1ccc(/C=C/C(C)NCC)cc1. The average molecular weight is 231 g/mol. The lowest BCUT2D eigenvalue weighted by Crippen LogP contribution is -2.22. The van der Waals surface area contributed by atoms with Crippen LogP contribution in [0.15, 0.2) is 43.0 Å². The molecule has 0 aliphatic carbocycles. The summed E-state index contributed by atoms with van der Waals surface area (Å²) in [6.07, 6.45) is 6.01. The van der Waals surface area contributed by atoms with Gasteiger partial charge in [0.1, 0.15) is 12.4 Å². The molecule has 1 aromatic carbocycles. The van der Waals surface area contributed by atoms with E-state index >= 15 is 0 Å². The molecule has 0 heterocycles. The van der Waals surface area contributed by atoms with E-state index < -0.39 is 0 Å². The summed E-state index contributed by atoms with van der Waals surface area (Å²) in [5.41, 5.74) is 1.18. The first-order valence-corrected chi connectivity index (χ1v) is 6.01. The van der Waals surface area contributed by atoms with Crippen LogP contribution in [0.3, 0.4) is 0 Å². The monoisotopic (exact) mass is 231 g/mol. The molecule has 92 valence electrons. The van der Waals surface area contributed by atoms with Gasteiger partial charge in [0.2, 0.25) is 0 Å². The van der Waals surface area contributed by atoms with Crippen LogP contribution in [-0.2, 0) is 0 Å². The van der Waals surface area contributed by atoms with E-state index in [9.17, 15) is 0 Å². The zero-order valence-corrected chi connectivity index (χ0v) is 10.6. The molecule has 0 saturated heterocycles. The third-order valence-corrected chi connectivity index (χ3v) is 2.35. The van der Waals surface area contributed by atoms with E-state index in [1.807, 2.05) is 24.3 Å². The Morgan fingerprint density at radius 1 is 1.35 bits per heavy atom. The molecule has 1 N–H and O–H groups in total. The number of ether oxygens (including phenoxy) is 1. The number of hydrogen-bond acceptors (Lipinski definition) is 2. The van der Waals surface area contributed by atoms with Crippen LogP contribution in [0.2, 0.25) is 0 Å². The van der Waals surface area contributed by atoms with Crippen molar-refractivity contribution in [2.75, 3.05) is 13.2 Å². The van der Waals surface area contributed by atoms with Gasteiger partial charge < -0.3 is 10.1 Å². The second-order valence-corrected chi connectivity index (χ2v) is 3.87. The summed E-state index contributed by atoms with van der Waals surface area (Å²) in [4.78, 5) is 0. The molecule has 2 nitrogen and oxygen atoms in total. The van der Waals surface area contributed by atoms with Crippen molar-refractivity contribution in [3.8, 4) is 5.75 Å². The minimum absolute atomic E-state index is 0.400. The highest BCUT2D eigenvalue weighted by Gasteiger charge is 1.94. The molecule has 0 fully saturated rings. The van der Waals surface area contributed by atoms with E-state index in [2.05, 4.69) is 37.9 Å². The first-order valence-electron chi connectivity index (χ1n) is 6.01. The highest BCUT2D eigenvalue weighted by Crippen LogP contribution is 2.13. The van der Waals surface area contributed by atoms with E-state index in [1.54, 1.807) is 6.08 Å². The molecule has 1 unspecified atom stereocenters. The number of rotatable bonds is 7. The molecule has 2 heteroatoms. The lowest BCUT2D eigenvalue weighted by Gasteiger charge is -2.06. The molecule has 0 radical (unpaired) electrons. The Balaban J connectivity index is 2.52. The summed E-state index contributed by atoms with van der Waals surface area (Å²) in [5, 5.41) is 3.33. The molecule has 0 bridgehead atoms. The smallest absolute Gasteiger partial charge is 0.119 e. The number of benzene rings is 1. The van der Waals surface area contributed by atoms with Crippen molar-refractivity contribution >= 4 is 6.08 Å². The topological polar surface area (TPSA) is 21.3 Å². The molecule has 0 aliphatic rings. The summed E-state index contributed by atoms with van der Waals surface area (Å²) >= 11 is 0. The Bertz CT molecular complexity index is 354. The van der Waals surface area contributed by atoms with Gasteiger partial charge in [-0.2, -0.15) is 0 Å². The molecule has 0 aromatic heterocycles. The van der Waals surface area contributed by atoms with E-state index in [1.165, 1.54) is 5.56 Å². The minimum Gasteiger partial charge on any atom is -0.490 e. The zero-order valence-electron chi connectivity index (χ0n) is 10.6. The van der Waals surface area contributed by atoms with Crippen LogP contribution in [0.4, 0.5) is 0 Å². The van der Waals surface area contributed by atoms with Crippen molar-refractivity contribution in [1.29, 1.82) is 0 Å². The highest BCUT2D eigenvalue weighted by atomic mass is 16.5. The number of hydrogen-bond donors (Lipinski definition) is 1. The third-order valence-electron chi connectivity index (χ3n) is 2.35. The zero-order chi connectivity index (χ0) is 12.5. The third kappa shape index (κ3) is 5.36. The van der Waals surface area contributed by atoms with Gasteiger partial charge in [0.15, 0.2) is 0 Å². The summed E-state index contributed by atoms with van der Waals surface area (Å²) in [6.45, 7) is 9.40. The molecular formula is C15H21NO. The molecular weight excluding hydrogens is 210 g/mol. The Morgan fingerprint density at radius 3 is 2.65 bits per heavy atom. The van der Waals surface area contributed by atoms with Gasteiger partial charge in [-0.05, 0) is 31.2 Å². The van der Waals surface area contributed by atoms with Crippen molar-refractivity contribution in [3.05, 3.63) is 48.6 Å². The van der Waals surface area contributed by atoms with E-state index in [4.69, 9.17) is 4.74 Å². The first-order chi connectivity index (χ1) is 8.26. The molecule has 0 spiro atoms. The van der Waals surface area contributed by atoms with Crippen molar-refractivity contribution in [2.45, 2.75) is 19.9 Å². The van der Waals surface area contributed by atoms with Crippen LogP contribution in [-0.4, -0.2) is 19.2 Å². The molecule has 1 aromatic rings. The summed E-state index contributed by atoms with van der Waals surface area (Å²) in [7, 11) is 0. The summed E-state index contributed by atoms with van der Waals surface area (Å²) in [5.74, 6) is 0.877. The molecule has 0 aliphatic heterocycles. The van der Waals surface area contributed by atoms with Crippen LogP contribution in [0.5, 0.6) is 5.75 Å². The lowest BCUT2D eigenvalue weighted by atomic mass is 10.2. The van der Waals surface area contributed by atoms with Crippen LogP contribution in [0.1, 0.15) is 19.4 Å². The maximum Gasteiger partial charge on any atom is 0.119 e. The molecule has 1 rings (SSSR count). The lowest BCUT2D eigenvalue weighted by molar-refractivity contribution is 0.363. The normalized spacial score (nSPS) is 12.6. The molecule has 17 heavy (non-hydrogen) atoms. The van der Waals surface area contributed by atoms with E-state index in [0.717, 1.165) is 12.3 Å². The highest BCUT2D eigenvalue weighted by molar-refractivity contribution is 5.51. The number of likely N-dealkylation sites (N-methyl/N-ethyl adjacent to an activating group) is 1. The van der Waals surface area contributed by atoms with Gasteiger partial charge in [-0.1, -0.05) is 43.9 Å². The van der Waals surface area contributed by atoms with Crippen LogP contribution in [0, 0.1) is 0 Å². The van der Waals surface area contributed by atoms with Crippen LogP contribution < -0.4 is 10.1 Å². The molecule has 0 amide bonds.